The lowest BCUT2D eigenvalue weighted by Gasteiger charge is -2.36. The van der Waals surface area contributed by atoms with E-state index in [1.807, 2.05) is 30.3 Å². The van der Waals surface area contributed by atoms with Crippen LogP contribution in [0.15, 0.2) is 79.1 Å². The van der Waals surface area contributed by atoms with Crippen molar-refractivity contribution < 1.29 is 37.7 Å². The van der Waals surface area contributed by atoms with Crippen LogP contribution in [0.4, 0.5) is 4.79 Å². The van der Waals surface area contributed by atoms with Gasteiger partial charge in [-0.3, -0.25) is 9.78 Å². The Labute approximate surface area is 383 Å². The summed E-state index contributed by atoms with van der Waals surface area (Å²) >= 11 is 6.57. The van der Waals surface area contributed by atoms with E-state index in [2.05, 4.69) is 82.8 Å². The number of rotatable bonds is 21. The second-order valence-corrected chi connectivity index (χ2v) is 22.2. The maximum Gasteiger partial charge on any atom is 0.410 e. The van der Waals surface area contributed by atoms with Crippen molar-refractivity contribution in [1.82, 2.24) is 14.9 Å². The molecule has 0 aliphatic heterocycles. The topological polar surface area (TPSA) is 142 Å². The Hall–Kier alpha value is -5.94. The molecule has 0 fully saturated rings. The van der Waals surface area contributed by atoms with Gasteiger partial charge in [0.1, 0.15) is 37.4 Å². The standard InChI is InChI=1S/C50H59ClN4O8Si/c1-10-11-21-59-49(57)55(20-22-63-64(8,9)50(4,5)6)29-38-18-19-47(54-48(38)58-7)62-33-40-15-13-17-43(35(40)3)42-16-12-14-39(34(42)2)32-61-46-25-45(41(30-56)24-44(46)51)60-31-37-23-36(26-52)27-53-28-37/h12-19,23-25,27-28,30H,10-11,20-22,29,31-33H2,1-9H3. The number of halogens is 1. The molecule has 12 nitrogen and oxygen atoms in total. The third-order valence-electron chi connectivity index (χ3n) is 11.5. The zero-order chi connectivity index (χ0) is 46.4. The van der Waals surface area contributed by atoms with Crippen LogP contribution in [0.1, 0.15) is 89.8 Å². The van der Waals surface area contributed by atoms with Gasteiger partial charge < -0.3 is 33.0 Å². The highest BCUT2D eigenvalue weighted by molar-refractivity contribution is 6.74. The van der Waals surface area contributed by atoms with E-state index in [9.17, 15) is 14.9 Å². The van der Waals surface area contributed by atoms with E-state index in [-0.39, 0.29) is 42.0 Å². The maximum absolute atomic E-state index is 13.3. The number of aldehydes is 1. The summed E-state index contributed by atoms with van der Waals surface area (Å²) in [6, 6.07) is 22.7. The van der Waals surface area contributed by atoms with Crippen LogP contribution in [-0.2, 0) is 35.5 Å². The number of methoxy groups -OCH3 is 1. The molecule has 0 N–H and O–H groups in total. The first-order chi connectivity index (χ1) is 30.6. The predicted octanol–water partition coefficient (Wildman–Crippen LogP) is 11.6. The lowest BCUT2D eigenvalue weighted by atomic mass is 9.92. The Morgan fingerprint density at radius 3 is 2.17 bits per heavy atom. The van der Waals surface area contributed by atoms with Gasteiger partial charge in [0.15, 0.2) is 14.6 Å². The molecule has 0 saturated heterocycles. The molecule has 338 valence electrons. The Morgan fingerprint density at radius 2 is 1.55 bits per heavy atom. The first-order valence-electron chi connectivity index (χ1n) is 21.4. The van der Waals surface area contributed by atoms with Crippen LogP contribution in [-0.4, -0.2) is 62.4 Å². The molecule has 3 aromatic carbocycles. The molecule has 5 rings (SSSR count). The van der Waals surface area contributed by atoms with E-state index in [0.29, 0.717) is 60.4 Å². The van der Waals surface area contributed by atoms with Crippen LogP contribution in [0.25, 0.3) is 11.1 Å². The molecule has 14 heteroatoms. The van der Waals surface area contributed by atoms with Crippen LogP contribution in [0.2, 0.25) is 23.2 Å². The molecule has 2 aromatic heterocycles. The number of hydrogen-bond acceptors (Lipinski definition) is 11. The number of aromatic nitrogens is 2. The molecule has 0 saturated carbocycles. The molecule has 0 atom stereocenters. The van der Waals surface area contributed by atoms with Crippen molar-refractivity contribution in [3.05, 3.63) is 129 Å². The second-order valence-electron chi connectivity index (χ2n) is 17.0. The molecule has 0 aliphatic rings. The first-order valence-corrected chi connectivity index (χ1v) is 24.7. The van der Waals surface area contributed by atoms with Gasteiger partial charge in [0.25, 0.3) is 0 Å². The molecule has 5 aromatic rings. The minimum Gasteiger partial charge on any atom is -0.488 e. The third kappa shape index (κ3) is 12.8. The van der Waals surface area contributed by atoms with Crippen molar-refractivity contribution in [2.24, 2.45) is 0 Å². The molecule has 0 spiro atoms. The van der Waals surface area contributed by atoms with Crippen molar-refractivity contribution in [1.29, 1.82) is 5.26 Å². The first kappa shape index (κ1) is 49.1. The average Bonchev–Trinajstić information content (AvgIpc) is 3.27. The molecule has 1 amide bonds. The fourth-order valence-electron chi connectivity index (χ4n) is 6.53. The highest BCUT2D eigenvalue weighted by atomic mass is 35.5. The van der Waals surface area contributed by atoms with E-state index in [1.165, 1.54) is 12.3 Å². The summed E-state index contributed by atoms with van der Waals surface area (Å²) in [5, 5.41) is 9.54. The zero-order valence-electron chi connectivity index (χ0n) is 38.4. The minimum absolute atomic E-state index is 0.0454. The monoisotopic (exact) mass is 906 g/mol. The number of carbonyl (C=O) groups is 2. The molecule has 0 radical (unpaired) electrons. The number of hydrogen-bond donors (Lipinski definition) is 0. The summed E-state index contributed by atoms with van der Waals surface area (Å²) < 4.78 is 36.2. The number of nitriles is 1. The molecule has 64 heavy (non-hydrogen) atoms. The van der Waals surface area contributed by atoms with Gasteiger partial charge in [0, 0.05) is 42.2 Å². The fourth-order valence-corrected chi connectivity index (χ4v) is 7.79. The van der Waals surface area contributed by atoms with Crippen LogP contribution >= 0.6 is 11.6 Å². The van der Waals surface area contributed by atoms with E-state index >= 15 is 0 Å². The van der Waals surface area contributed by atoms with E-state index < -0.39 is 14.4 Å². The lowest BCUT2D eigenvalue weighted by molar-refractivity contribution is 0.0907. The molecule has 2 heterocycles. The van der Waals surface area contributed by atoms with Crippen LogP contribution < -0.4 is 18.9 Å². The largest absolute Gasteiger partial charge is 0.488 e. The fraction of sp³-hybridized carbons (Fsp3) is 0.380. The van der Waals surface area contributed by atoms with Gasteiger partial charge in [-0.25, -0.2) is 4.79 Å². The van der Waals surface area contributed by atoms with Crippen molar-refractivity contribution in [3.8, 4) is 40.5 Å². The molecule has 0 bridgehead atoms. The SMILES string of the molecule is CCCCOC(=O)N(CCO[Si](C)(C)C(C)(C)C)Cc1ccc(OCc2cccc(-c3cccc(COc4cc(OCc5cncc(C#N)c5)c(C=O)cc4Cl)c3C)c2C)nc1OC. The summed E-state index contributed by atoms with van der Waals surface area (Å²) in [5.74, 6) is 1.40. The third-order valence-corrected chi connectivity index (χ3v) is 16.4. The quantitative estimate of drug-likeness (QED) is 0.0394. The summed E-state index contributed by atoms with van der Waals surface area (Å²) in [4.78, 5) is 35.5. The van der Waals surface area contributed by atoms with Gasteiger partial charge in [0.2, 0.25) is 11.8 Å². The number of ether oxygens (including phenoxy) is 5. The number of pyridine rings is 2. The normalized spacial score (nSPS) is 11.4. The predicted molar refractivity (Wildman–Crippen MR) is 251 cm³/mol. The number of carbonyl (C=O) groups excluding carboxylic acids is 2. The number of amides is 1. The van der Waals surface area contributed by atoms with Crippen LogP contribution in [0.3, 0.4) is 0 Å². The summed E-state index contributed by atoms with van der Waals surface area (Å²) in [5.41, 5.74) is 8.17. The molecular formula is C50H59ClN4O8Si. The van der Waals surface area contributed by atoms with Crippen molar-refractivity contribution in [3.63, 3.8) is 0 Å². The number of nitrogens with zero attached hydrogens (tertiary/aromatic N) is 4. The summed E-state index contributed by atoms with van der Waals surface area (Å²) in [6.07, 6.45) is 5.05. The highest BCUT2D eigenvalue weighted by Gasteiger charge is 2.37. The second kappa shape index (κ2) is 22.6. The smallest absolute Gasteiger partial charge is 0.410 e. The Bertz CT molecular complexity index is 2450. The molecule has 0 aliphatic carbocycles. The Morgan fingerprint density at radius 1 is 0.875 bits per heavy atom. The van der Waals surface area contributed by atoms with Gasteiger partial charge >= 0.3 is 6.09 Å². The highest BCUT2D eigenvalue weighted by Crippen LogP contribution is 2.37. The van der Waals surface area contributed by atoms with Crippen molar-refractivity contribution in [2.75, 3.05) is 26.9 Å². The van der Waals surface area contributed by atoms with Crippen LogP contribution in [0, 0.1) is 25.2 Å². The van der Waals surface area contributed by atoms with Gasteiger partial charge in [-0.15, -0.1) is 0 Å². The summed E-state index contributed by atoms with van der Waals surface area (Å²) in [7, 11) is -0.466. The minimum atomic E-state index is -2.02. The molecular weight excluding hydrogens is 848 g/mol. The molecule has 0 unspecified atom stereocenters. The lowest BCUT2D eigenvalue weighted by Crippen LogP contribution is -2.43. The Balaban J connectivity index is 1.27. The van der Waals surface area contributed by atoms with Gasteiger partial charge in [-0.05, 0) is 90.0 Å². The van der Waals surface area contributed by atoms with Crippen LogP contribution in [0.5, 0.6) is 23.3 Å². The van der Waals surface area contributed by atoms with E-state index in [0.717, 1.165) is 51.8 Å². The van der Waals surface area contributed by atoms with Crippen molar-refractivity contribution in [2.45, 2.75) is 98.9 Å². The van der Waals surface area contributed by atoms with Crippen molar-refractivity contribution >= 4 is 32.3 Å². The average molecular weight is 908 g/mol. The van der Waals surface area contributed by atoms with Gasteiger partial charge in [0.05, 0.1) is 43.0 Å². The Kier molecular flexibility index (Phi) is 17.3. The van der Waals surface area contributed by atoms with Gasteiger partial charge in [-0.1, -0.05) is 82.1 Å². The number of benzene rings is 3. The van der Waals surface area contributed by atoms with E-state index in [4.69, 9.17) is 39.7 Å². The van der Waals surface area contributed by atoms with E-state index in [1.54, 1.807) is 36.4 Å². The summed E-state index contributed by atoms with van der Waals surface area (Å²) in [6.45, 7) is 19.1. The van der Waals surface area contributed by atoms with Gasteiger partial charge in [-0.2, -0.15) is 10.2 Å². The zero-order valence-corrected chi connectivity index (χ0v) is 40.1. The maximum atomic E-state index is 13.3. The number of unbranched alkanes of at least 4 members (excludes halogenated alkanes) is 1.